The van der Waals surface area contributed by atoms with Crippen molar-refractivity contribution in [1.29, 1.82) is 0 Å². The van der Waals surface area contributed by atoms with Gasteiger partial charge in [-0.3, -0.25) is 0 Å². The van der Waals surface area contributed by atoms with Gasteiger partial charge < -0.3 is 17.9 Å². The third kappa shape index (κ3) is 3.30. The van der Waals surface area contributed by atoms with Crippen molar-refractivity contribution in [2.75, 3.05) is 0 Å². The Morgan fingerprint density at radius 2 is 0.759 bits per heavy atom. The highest BCUT2D eigenvalue weighted by atomic mass is 15.0. The average Bonchev–Trinajstić information content (AvgIpc) is 4.11. The lowest BCUT2D eigenvalue weighted by Crippen LogP contribution is -1.95. The van der Waals surface area contributed by atoms with Crippen LogP contribution in [0, 0.1) is 0 Å². The first-order valence-electron chi connectivity index (χ1n) is 20.1. The second kappa shape index (κ2) is 10.1. The van der Waals surface area contributed by atoms with Gasteiger partial charge in [0.15, 0.2) is 0 Å². The quantitative estimate of drug-likeness (QED) is 0.168. The van der Waals surface area contributed by atoms with E-state index in [2.05, 4.69) is 200 Å². The van der Waals surface area contributed by atoms with Crippen LogP contribution in [0.3, 0.4) is 0 Å². The lowest BCUT2D eigenvalue weighted by Gasteiger charge is -2.09. The summed E-state index contributed by atoms with van der Waals surface area (Å²) < 4.78 is 10.1. The lowest BCUT2D eigenvalue weighted by atomic mass is 10.0. The van der Waals surface area contributed by atoms with E-state index in [1.807, 2.05) is 0 Å². The maximum atomic E-state index is 2.60. The fourth-order valence-corrected chi connectivity index (χ4v) is 11.2. The molecule has 58 heavy (non-hydrogen) atoms. The highest BCUT2D eigenvalue weighted by Crippen LogP contribution is 2.50. The molecule has 0 aliphatic carbocycles. The summed E-state index contributed by atoms with van der Waals surface area (Å²) in [6.07, 6.45) is 0. The predicted octanol–water partition coefficient (Wildman–Crippen LogP) is 14.2. The topological polar surface area (TPSA) is 18.7 Å². The molecule has 0 aliphatic rings. The molecule has 0 fully saturated rings. The Hall–Kier alpha value is -7.82. The molecule has 0 spiro atoms. The van der Waals surface area contributed by atoms with Crippen molar-refractivity contribution >= 4 is 120 Å². The Kier molecular flexibility index (Phi) is 5.14. The van der Waals surface area contributed by atoms with Gasteiger partial charge in [0.05, 0.1) is 55.2 Å². The van der Waals surface area contributed by atoms with Crippen molar-refractivity contribution in [2.24, 2.45) is 0 Å². The molecule has 0 saturated heterocycles. The second-order valence-corrected chi connectivity index (χ2v) is 16.1. The van der Waals surface area contributed by atoms with E-state index in [1.54, 1.807) is 0 Å². The van der Waals surface area contributed by atoms with Gasteiger partial charge in [-0.25, -0.2) is 0 Å². The van der Waals surface area contributed by atoms with Crippen LogP contribution in [0.4, 0.5) is 0 Å². The molecule has 6 heterocycles. The molecule has 15 aromatic rings. The summed E-state index contributed by atoms with van der Waals surface area (Å²) in [5.41, 5.74) is 14.8. The first-order valence-corrected chi connectivity index (χ1v) is 20.1. The minimum absolute atomic E-state index is 1.17. The minimum Gasteiger partial charge on any atom is -0.309 e. The van der Waals surface area contributed by atoms with Gasteiger partial charge >= 0.3 is 0 Å². The predicted molar refractivity (Wildman–Crippen MR) is 244 cm³/mol. The Morgan fingerprint density at radius 3 is 1.50 bits per heavy atom. The van der Waals surface area contributed by atoms with Crippen LogP contribution in [0.1, 0.15) is 0 Å². The number of rotatable bonds is 2. The number of nitrogens with zero attached hydrogens (tertiary/aromatic N) is 4. The highest BCUT2D eigenvalue weighted by Gasteiger charge is 2.27. The number of hydrogen-bond donors (Lipinski definition) is 0. The fraction of sp³-hybridized carbons (Fsp3) is 0. The molecule has 266 valence electrons. The molecule has 4 nitrogen and oxygen atoms in total. The van der Waals surface area contributed by atoms with Crippen molar-refractivity contribution < 1.29 is 0 Å². The third-order valence-corrected chi connectivity index (χ3v) is 13.4. The minimum atomic E-state index is 1.17. The summed E-state index contributed by atoms with van der Waals surface area (Å²) in [6, 6.07) is 67.6. The van der Waals surface area contributed by atoms with Crippen LogP contribution < -0.4 is 0 Å². The molecule has 15 rings (SSSR count). The lowest BCUT2D eigenvalue weighted by molar-refractivity contribution is 1.18. The molecule has 0 N–H and O–H groups in total. The smallest absolute Gasteiger partial charge is 0.0789 e. The maximum Gasteiger partial charge on any atom is 0.0789 e. The van der Waals surface area contributed by atoms with E-state index in [0.29, 0.717) is 0 Å². The summed E-state index contributed by atoms with van der Waals surface area (Å²) in [6.45, 7) is 0. The van der Waals surface area contributed by atoms with Crippen molar-refractivity contribution in [3.05, 3.63) is 182 Å². The standard InChI is InChI=1S/C54H30N4/c1-3-14-31(15-4-1)55-45-25-12-9-20-39(45)49-48(55)29-41-34-19-8-11-24-44(34)57-47-30-46-40(28-42(47)50(49)52(41)57)36-22-13-21-35-38-27-26-37-33-18-7-10-23-43(33)56(32-16-5-2-6-17-32)53(37)54(38)58(46)51(35)36/h1-30H. The number of para-hydroxylation sites is 6. The van der Waals surface area contributed by atoms with E-state index in [4.69, 9.17) is 0 Å². The zero-order chi connectivity index (χ0) is 37.4. The van der Waals surface area contributed by atoms with Crippen LogP contribution >= 0.6 is 0 Å². The molecule has 0 radical (unpaired) electrons. The second-order valence-electron chi connectivity index (χ2n) is 16.1. The summed E-state index contributed by atoms with van der Waals surface area (Å²) in [5.74, 6) is 0. The Labute approximate surface area is 329 Å². The van der Waals surface area contributed by atoms with Crippen LogP contribution in [-0.4, -0.2) is 17.9 Å². The van der Waals surface area contributed by atoms with Crippen LogP contribution in [0.2, 0.25) is 0 Å². The molecular formula is C54H30N4. The van der Waals surface area contributed by atoms with Gasteiger partial charge in [0, 0.05) is 76.0 Å². The number of hydrogen-bond acceptors (Lipinski definition) is 0. The monoisotopic (exact) mass is 734 g/mol. The summed E-state index contributed by atoms with van der Waals surface area (Å²) in [5, 5.41) is 15.5. The largest absolute Gasteiger partial charge is 0.309 e. The Bertz CT molecular complexity index is 4230. The van der Waals surface area contributed by atoms with E-state index in [1.165, 1.54) is 131 Å². The van der Waals surface area contributed by atoms with Crippen LogP contribution in [0.15, 0.2) is 182 Å². The van der Waals surface area contributed by atoms with E-state index in [-0.39, 0.29) is 0 Å². The van der Waals surface area contributed by atoms with Gasteiger partial charge in [-0.05, 0) is 60.7 Å². The normalized spacial score (nSPS) is 12.8. The van der Waals surface area contributed by atoms with Gasteiger partial charge in [0.1, 0.15) is 0 Å². The molecular weight excluding hydrogens is 705 g/mol. The molecule has 0 saturated carbocycles. The third-order valence-electron chi connectivity index (χ3n) is 13.4. The van der Waals surface area contributed by atoms with Gasteiger partial charge in [0.25, 0.3) is 0 Å². The van der Waals surface area contributed by atoms with Gasteiger partial charge in [-0.1, -0.05) is 121 Å². The summed E-state index contributed by atoms with van der Waals surface area (Å²) >= 11 is 0. The van der Waals surface area contributed by atoms with E-state index < -0.39 is 0 Å². The van der Waals surface area contributed by atoms with Crippen molar-refractivity contribution in [3.8, 4) is 11.4 Å². The SMILES string of the molecule is c1ccc(-n2c3ccccc3c3c4c5cc6c7cccc8c9ccc%10c%11ccccc%11n(-c%11ccccc%11)c%10c9n(c6cc5n5c6ccccc6c(cc32)c45)c78)cc1. The van der Waals surface area contributed by atoms with Gasteiger partial charge in [-0.2, -0.15) is 0 Å². The number of aromatic nitrogens is 4. The van der Waals surface area contributed by atoms with Gasteiger partial charge in [0.2, 0.25) is 0 Å². The average molecular weight is 735 g/mol. The van der Waals surface area contributed by atoms with Gasteiger partial charge in [-0.15, -0.1) is 0 Å². The van der Waals surface area contributed by atoms with E-state index in [0.717, 1.165) is 0 Å². The zero-order valence-corrected chi connectivity index (χ0v) is 31.1. The highest BCUT2D eigenvalue weighted by molar-refractivity contribution is 6.38. The van der Waals surface area contributed by atoms with Crippen molar-refractivity contribution in [2.45, 2.75) is 0 Å². The number of fused-ring (bicyclic) bond motifs is 20. The zero-order valence-electron chi connectivity index (χ0n) is 31.1. The Balaban J connectivity index is 1.20. The van der Waals surface area contributed by atoms with Crippen LogP contribution in [-0.2, 0) is 0 Å². The van der Waals surface area contributed by atoms with E-state index >= 15 is 0 Å². The van der Waals surface area contributed by atoms with Crippen molar-refractivity contribution in [1.82, 2.24) is 17.9 Å². The van der Waals surface area contributed by atoms with E-state index in [9.17, 15) is 0 Å². The first kappa shape index (κ1) is 29.5. The van der Waals surface area contributed by atoms with Crippen LogP contribution in [0.5, 0.6) is 0 Å². The molecule has 0 atom stereocenters. The van der Waals surface area contributed by atoms with Crippen molar-refractivity contribution in [3.63, 3.8) is 0 Å². The van der Waals surface area contributed by atoms with Crippen LogP contribution in [0.25, 0.3) is 131 Å². The molecule has 4 heteroatoms. The molecule has 0 bridgehead atoms. The molecule has 0 aliphatic heterocycles. The molecule has 0 amide bonds. The number of benzene rings is 9. The molecule has 0 unspecified atom stereocenters. The summed E-state index contributed by atoms with van der Waals surface area (Å²) in [7, 11) is 0. The first-order chi connectivity index (χ1) is 28.8. The molecule has 6 aromatic heterocycles. The Morgan fingerprint density at radius 1 is 0.224 bits per heavy atom. The fourth-order valence-electron chi connectivity index (χ4n) is 11.2. The summed E-state index contributed by atoms with van der Waals surface area (Å²) in [4.78, 5) is 0. The molecule has 9 aromatic carbocycles. The maximum absolute atomic E-state index is 2.60.